The smallest absolute Gasteiger partial charge is 0.161 e. The Hall–Kier alpha value is -1.26. The number of ether oxygens (including phenoxy) is 3. The van der Waals surface area contributed by atoms with Crippen LogP contribution in [0.2, 0.25) is 0 Å². The molecule has 1 aromatic carbocycles. The van der Waals surface area contributed by atoms with Crippen LogP contribution in [-0.2, 0) is 4.74 Å². The van der Waals surface area contributed by atoms with Gasteiger partial charge in [0.15, 0.2) is 11.5 Å². The van der Waals surface area contributed by atoms with Crippen molar-refractivity contribution in [2.24, 2.45) is 0 Å². The van der Waals surface area contributed by atoms with Gasteiger partial charge in [-0.3, -0.25) is 0 Å². The zero-order chi connectivity index (χ0) is 12.7. The number of hydrogen-bond donors (Lipinski definition) is 1. The average Bonchev–Trinajstić information content (AvgIpc) is 2.32. The van der Waals surface area contributed by atoms with Gasteiger partial charge >= 0.3 is 0 Å². The molecular formula is C13H20O4. The van der Waals surface area contributed by atoms with Crippen LogP contribution in [0.3, 0.4) is 0 Å². The summed E-state index contributed by atoms with van der Waals surface area (Å²) in [5.41, 5.74) is 0.763. The Labute approximate surface area is 102 Å². The first-order valence-corrected chi connectivity index (χ1v) is 5.79. The van der Waals surface area contributed by atoms with Gasteiger partial charge in [0.2, 0.25) is 0 Å². The predicted octanol–water partition coefficient (Wildman–Crippen LogP) is 2.16. The molecule has 1 rings (SSSR count). The highest BCUT2D eigenvalue weighted by Crippen LogP contribution is 2.30. The van der Waals surface area contributed by atoms with Crippen molar-refractivity contribution in [3.8, 4) is 11.5 Å². The number of methoxy groups -OCH3 is 1. The van der Waals surface area contributed by atoms with Crippen LogP contribution in [0.4, 0.5) is 0 Å². The van der Waals surface area contributed by atoms with E-state index in [0.717, 1.165) is 5.56 Å². The largest absolute Gasteiger partial charge is 0.490 e. The summed E-state index contributed by atoms with van der Waals surface area (Å²) >= 11 is 0. The van der Waals surface area contributed by atoms with Crippen LogP contribution in [0.5, 0.6) is 11.5 Å². The molecule has 0 saturated carbocycles. The van der Waals surface area contributed by atoms with Crippen LogP contribution in [0.25, 0.3) is 0 Å². The normalized spacial score (nSPS) is 12.2. The minimum Gasteiger partial charge on any atom is -0.490 e. The lowest BCUT2D eigenvalue weighted by Crippen LogP contribution is -2.06. The molecular weight excluding hydrogens is 220 g/mol. The van der Waals surface area contributed by atoms with E-state index in [-0.39, 0.29) is 6.61 Å². The molecule has 0 radical (unpaired) electrons. The first kappa shape index (κ1) is 13.8. The summed E-state index contributed by atoms with van der Waals surface area (Å²) in [4.78, 5) is 0. The summed E-state index contributed by atoms with van der Waals surface area (Å²) in [6.07, 6.45) is -0.644. The molecule has 0 heterocycles. The molecule has 0 aromatic heterocycles. The quantitative estimate of drug-likeness (QED) is 0.793. The van der Waals surface area contributed by atoms with E-state index >= 15 is 0 Å². The molecule has 0 bridgehead atoms. The first-order valence-electron chi connectivity index (χ1n) is 5.79. The lowest BCUT2D eigenvalue weighted by atomic mass is 10.1. The highest BCUT2D eigenvalue weighted by molar-refractivity contribution is 5.43. The van der Waals surface area contributed by atoms with Crippen molar-refractivity contribution < 1.29 is 19.3 Å². The third-order valence-electron chi connectivity index (χ3n) is 2.28. The fraction of sp³-hybridized carbons (Fsp3) is 0.538. The Morgan fingerprint density at radius 3 is 2.35 bits per heavy atom. The van der Waals surface area contributed by atoms with Crippen molar-refractivity contribution in [1.29, 1.82) is 0 Å². The maximum absolute atomic E-state index is 9.81. The van der Waals surface area contributed by atoms with Gasteiger partial charge < -0.3 is 19.3 Å². The van der Waals surface area contributed by atoms with Crippen molar-refractivity contribution in [2.75, 3.05) is 26.9 Å². The number of hydrogen-bond acceptors (Lipinski definition) is 4. The molecule has 4 nitrogen and oxygen atoms in total. The Balaban J connectivity index is 2.91. The summed E-state index contributed by atoms with van der Waals surface area (Å²) in [5.74, 6) is 1.35. The molecule has 96 valence electrons. The third-order valence-corrected chi connectivity index (χ3v) is 2.28. The van der Waals surface area contributed by atoms with Crippen LogP contribution in [0, 0.1) is 0 Å². The van der Waals surface area contributed by atoms with E-state index in [0.29, 0.717) is 24.7 Å². The first-order chi connectivity index (χ1) is 8.22. The highest BCUT2D eigenvalue weighted by atomic mass is 16.5. The van der Waals surface area contributed by atoms with Crippen LogP contribution in [0.1, 0.15) is 25.5 Å². The van der Waals surface area contributed by atoms with Gasteiger partial charge in [0.1, 0.15) is 6.10 Å². The SMILES string of the molecule is CCOc1ccc(C(O)COC)cc1OCC. The number of aliphatic hydroxyl groups is 1. The maximum atomic E-state index is 9.81. The molecule has 0 spiro atoms. The standard InChI is InChI=1S/C13H20O4/c1-4-16-12-7-6-10(11(14)9-15-3)8-13(12)17-5-2/h6-8,11,14H,4-5,9H2,1-3H3. The molecule has 0 saturated heterocycles. The Bertz CT molecular complexity index is 338. The summed E-state index contributed by atoms with van der Waals surface area (Å²) in [6.45, 7) is 5.24. The van der Waals surface area contributed by atoms with Crippen LogP contribution < -0.4 is 9.47 Å². The third kappa shape index (κ3) is 3.91. The van der Waals surface area contributed by atoms with Gasteiger partial charge in [-0.15, -0.1) is 0 Å². The Morgan fingerprint density at radius 1 is 1.12 bits per heavy atom. The monoisotopic (exact) mass is 240 g/mol. The van der Waals surface area contributed by atoms with E-state index in [1.807, 2.05) is 26.0 Å². The molecule has 0 aliphatic heterocycles. The molecule has 1 atom stereocenters. The molecule has 0 fully saturated rings. The Kier molecular flexibility index (Phi) is 5.80. The zero-order valence-electron chi connectivity index (χ0n) is 10.6. The number of aliphatic hydroxyl groups excluding tert-OH is 1. The lowest BCUT2D eigenvalue weighted by molar-refractivity contribution is 0.0642. The van der Waals surface area contributed by atoms with Crippen molar-refractivity contribution in [2.45, 2.75) is 20.0 Å². The molecule has 4 heteroatoms. The van der Waals surface area contributed by atoms with E-state index < -0.39 is 6.10 Å². The number of rotatable bonds is 7. The van der Waals surface area contributed by atoms with Crippen molar-refractivity contribution >= 4 is 0 Å². The minimum absolute atomic E-state index is 0.263. The molecule has 0 amide bonds. The zero-order valence-corrected chi connectivity index (χ0v) is 10.6. The number of benzene rings is 1. The van der Waals surface area contributed by atoms with Crippen molar-refractivity contribution in [1.82, 2.24) is 0 Å². The fourth-order valence-electron chi connectivity index (χ4n) is 1.53. The van der Waals surface area contributed by atoms with Gasteiger partial charge in [0, 0.05) is 7.11 Å². The highest BCUT2D eigenvalue weighted by Gasteiger charge is 2.11. The second kappa shape index (κ2) is 7.14. The van der Waals surface area contributed by atoms with Crippen LogP contribution in [-0.4, -0.2) is 32.0 Å². The van der Waals surface area contributed by atoms with E-state index in [1.54, 1.807) is 13.2 Å². The van der Waals surface area contributed by atoms with Gasteiger partial charge in [-0.25, -0.2) is 0 Å². The molecule has 0 aliphatic carbocycles. The molecule has 1 aromatic rings. The minimum atomic E-state index is -0.644. The van der Waals surface area contributed by atoms with E-state index in [4.69, 9.17) is 14.2 Å². The summed E-state index contributed by atoms with van der Waals surface area (Å²) in [7, 11) is 1.56. The second-order valence-corrected chi connectivity index (χ2v) is 3.54. The molecule has 17 heavy (non-hydrogen) atoms. The fourth-order valence-corrected chi connectivity index (χ4v) is 1.53. The van der Waals surface area contributed by atoms with Gasteiger partial charge in [-0.05, 0) is 31.5 Å². The van der Waals surface area contributed by atoms with Crippen molar-refractivity contribution in [3.63, 3.8) is 0 Å². The summed E-state index contributed by atoms with van der Waals surface area (Å²) < 4.78 is 15.8. The summed E-state index contributed by atoms with van der Waals surface area (Å²) in [6, 6.07) is 5.41. The van der Waals surface area contributed by atoms with Gasteiger partial charge in [0.25, 0.3) is 0 Å². The molecule has 1 N–H and O–H groups in total. The van der Waals surface area contributed by atoms with Gasteiger partial charge in [-0.2, -0.15) is 0 Å². The maximum Gasteiger partial charge on any atom is 0.161 e. The molecule has 1 unspecified atom stereocenters. The lowest BCUT2D eigenvalue weighted by Gasteiger charge is -2.15. The molecule has 0 aliphatic rings. The van der Waals surface area contributed by atoms with Crippen LogP contribution >= 0.6 is 0 Å². The van der Waals surface area contributed by atoms with E-state index in [2.05, 4.69) is 0 Å². The topological polar surface area (TPSA) is 47.9 Å². The Morgan fingerprint density at radius 2 is 1.76 bits per heavy atom. The van der Waals surface area contributed by atoms with Gasteiger partial charge in [-0.1, -0.05) is 6.07 Å². The predicted molar refractivity (Wildman–Crippen MR) is 65.6 cm³/mol. The van der Waals surface area contributed by atoms with E-state index in [1.165, 1.54) is 0 Å². The van der Waals surface area contributed by atoms with E-state index in [9.17, 15) is 5.11 Å². The van der Waals surface area contributed by atoms with Crippen LogP contribution in [0.15, 0.2) is 18.2 Å². The van der Waals surface area contributed by atoms with Gasteiger partial charge in [0.05, 0.1) is 19.8 Å². The second-order valence-electron chi connectivity index (χ2n) is 3.54. The summed E-state index contributed by atoms with van der Waals surface area (Å²) in [5, 5.41) is 9.81. The van der Waals surface area contributed by atoms with Crippen molar-refractivity contribution in [3.05, 3.63) is 23.8 Å². The average molecular weight is 240 g/mol.